The molecule has 2 heteroatoms. The highest BCUT2D eigenvalue weighted by Gasteiger charge is 2.14. The van der Waals surface area contributed by atoms with Crippen LogP contribution in [-0.2, 0) is 0 Å². The minimum absolute atomic E-state index is 0.135. The molecule has 1 aliphatic rings. The minimum atomic E-state index is -0.135. The summed E-state index contributed by atoms with van der Waals surface area (Å²) >= 11 is 0. The Labute approximate surface area is 116 Å². The van der Waals surface area contributed by atoms with Crippen molar-refractivity contribution in [2.45, 2.75) is 57.9 Å². The summed E-state index contributed by atoms with van der Waals surface area (Å²) < 4.78 is 13.2. The maximum absolute atomic E-state index is 13.2. The first-order chi connectivity index (χ1) is 9.29. The molecule has 1 N–H and O–H groups in total. The summed E-state index contributed by atoms with van der Waals surface area (Å²) in [6, 6.07) is 7.27. The molecular formula is C17H26FN. The highest BCUT2D eigenvalue weighted by atomic mass is 19.1. The van der Waals surface area contributed by atoms with Crippen LogP contribution in [0.15, 0.2) is 24.3 Å². The lowest BCUT2D eigenvalue weighted by atomic mass is 10.0. The minimum Gasteiger partial charge on any atom is -0.310 e. The Morgan fingerprint density at radius 1 is 1.32 bits per heavy atom. The molecule has 0 spiro atoms. The van der Waals surface area contributed by atoms with Crippen LogP contribution >= 0.6 is 0 Å². The molecule has 1 unspecified atom stereocenters. The smallest absolute Gasteiger partial charge is 0.123 e. The predicted octanol–water partition coefficient (Wildman–Crippen LogP) is 4.84. The van der Waals surface area contributed by atoms with Gasteiger partial charge in [-0.1, -0.05) is 44.7 Å². The molecule has 106 valence electrons. The van der Waals surface area contributed by atoms with E-state index in [1.807, 2.05) is 6.07 Å². The van der Waals surface area contributed by atoms with E-state index in [2.05, 4.69) is 12.2 Å². The second-order valence-corrected chi connectivity index (χ2v) is 5.76. The molecule has 2 rings (SSSR count). The summed E-state index contributed by atoms with van der Waals surface area (Å²) in [6.07, 6.45) is 9.33. The zero-order valence-corrected chi connectivity index (χ0v) is 12.0. The van der Waals surface area contributed by atoms with Gasteiger partial charge < -0.3 is 5.32 Å². The lowest BCUT2D eigenvalue weighted by Crippen LogP contribution is -2.22. The third-order valence-electron chi connectivity index (χ3n) is 4.31. The monoisotopic (exact) mass is 263 g/mol. The van der Waals surface area contributed by atoms with Gasteiger partial charge in [-0.2, -0.15) is 0 Å². The quantitative estimate of drug-likeness (QED) is 0.694. The van der Waals surface area contributed by atoms with E-state index in [4.69, 9.17) is 0 Å². The summed E-state index contributed by atoms with van der Waals surface area (Å²) in [5.41, 5.74) is 1.07. The molecule has 0 aromatic heterocycles. The Morgan fingerprint density at radius 2 is 2.11 bits per heavy atom. The average molecular weight is 263 g/mol. The van der Waals surface area contributed by atoms with Crippen molar-refractivity contribution in [3.05, 3.63) is 35.6 Å². The molecule has 1 saturated carbocycles. The topological polar surface area (TPSA) is 12.0 Å². The SMILES string of the molecule is CCC(NCCCC1CCCC1)c1cccc(F)c1. The number of nitrogens with one attached hydrogen (secondary N) is 1. The highest BCUT2D eigenvalue weighted by Crippen LogP contribution is 2.28. The summed E-state index contributed by atoms with van der Waals surface area (Å²) in [4.78, 5) is 0. The summed E-state index contributed by atoms with van der Waals surface area (Å²) in [5, 5.41) is 3.57. The Morgan fingerprint density at radius 3 is 2.79 bits per heavy atom. The standard InChI is InChI=1S/C17H26FN/c1-2-17(15-10-5-11-16(18)13-15)19-12-6-9-14-7-3-4-8-14/h5,10-11,13-14,17,19H,2-4,6-9,12H2,1H3. The van der Waals surface area contributed by atoms with Gasteiger partial charge in [-0.15, -0.1) is 0 Å². The number of hydrogen-bond acceptors (Lipinski definition) is 1. The van der Waals surface area contributed by atoms with Crippen molar-refractivity contribution in [3.63, 3.8) is 0 Å². The van der Waals surface area contributed by atoms with E-state index in [-0.39, 0.29) is 5.82 Å². The summed E-state index contributed by atoms with van der Waals surface area (Å²) in [6.45, 7) is 3.20. The Hall–Kier alpha value is -0.890. The molecule has 19 heavy (non-hydrogen) atoms. The van der Waals surface area contributed by atoms with Crippen molar-refractivity contribution in [1.82, 2.24) is 5.32 Å². The molecule has 1 aliphatic carbocycles. The van der Waals surface area contributed by atoms with Crippen LogP contribution in [-0.4, -0.2) is 6.54 Å². The van der Waals surface area contributed by atoms with Crippen molar-refractivity contribution in [1.29, 1.82) is 0 Å². The van der Waals surface area contributed by atoms with E-state index in [0.29, 0.717) is 6.04 Å². The fraction of sp³-hybridized carbons (Fsp3) is 0.647. The molecule has 0 saturated heterocycles. The van der Waals surface area contributed by atoms with E-state index in [0.717, 1.165) is 24.4 Å². The van der Waals surface area contributed by atoms with Crippen molar-refractivity contribution in [2.75, 3.05) is 6.54 Å². The zero-order valence-electron chi connectivity index (χ0n) is 12.0. The summed E-state index contributed by atoms with van der Waals surface area (Å²) in [7, 11) is 0. The van der Waals surface area contributed by atoms with Gasteiger partial charge in [0, 0.05) is 6.04 Å². The lowest BCUT2D eigenvalue weighted by molar-refractivity contribution is 0.443. The number of halogens is 1. The Balaban J connectivity index is 1.73. The Kier molecular flexibility index (Phi) is 5.84. The van der Waals surface area contributed by atoms with Gasteiger partial charge in [0.15, 0.2) is 0 Å². The molecule has 1 aromatic carbocycles. The second-order valence-electron chi connectivity index (χ2n) is 5.76. The maximum atomic E-state index is 13.2. The third kappa shape index (κ3) is 4.61. The van der Waals surface area contributed by atoms with Crippen LogP contribution in [0.3, 0.4) is 0 Å². The molecule has 1 nitrogen and oxygen atoms in total. The van der Waals surface area contributed by atoms with Crippen LogP contribution in [0.5, 0.6) is 0 Å². The first kappa shape index (κ1) is 14.5. The van der Waals surface area contributed by atoms with E-state index in [1.54, 1.807) is 12.1 Å². The largest absolute Gasteiger partial charge is 0.310 e. The van der Waals surface area contributed by atoms with Gasteiger partial charge in [-0.3, -0.25) is 0 Å². The van der Waals surface area contributed by atoms with Gasteiger partial charge in [-0.05, 0) is 49.4 Å². The molecule has 0 heterocycles. The van der Waals surface area contributed by atoms with Crippen LogP contribution in [0.1, 0.15) is 63.5 Å². The maximum Gasteiger partial charge on any atom is 0.123 e. The van der Waals surface area contributed by atoms with E-state index >= 15 is 0 Å². The van der Waals surface area contributed by atoms with Gasteiger partial charge in [0.1, 0.15) is 5.82 Å². The van der Waals surface area contributed by atoms with Crippen molar-refractivity contribution < 1.29 is 4.39 Å². The molecule has 0 bridgehead atoms. The van der Waals surface area contributed by atoms with E-state index in [1.165, 1.54) is 44.6 Å². The molecule has 0 amide bonds. The predicted molar refractivity (Wildman–Crippen MR) is 78.6 cm³/mol. The molecule has 0 radical (unpaired) electrons. The fourth-order valence-corrected chi connectivity index (χ4v) is 3.19. The number of hydrogen-bond donors (Lipinski definition) is 1. The Bertz CT molecular complexity index is 371. The van der Waals surface area contributed by atoms with Crippen molar-refractivity contribution in [2.24, 2.45) is 5.92 Å². The molecule has 1 atom stereocenters. The first-order valence-corrected chi connectivity index (χ1v) is 7.78. The first-order valence-electron chi connectivity index (χ1n) is 7.78. The zero-order chi connectivity index (χ0) is 13.5. The van der Waals surface area contributed by atoms with Crippen LogP contribution in [0, 0.1) is 11.7 Å². The van der Waals surface area contributed by atoms with Crippen LogP contribution < -0.4 is 5.32 Å². The molecule has 0 aliphatic heterocycles. The fourth-order valence-electron chi connectivity index (χ4n) is 3.19. The molecule has 1 fully saturated rings. The third-order valence-corrected chi connectivity index (χ3v) is 4.31. The van der Waals surface area contributed by atoms with Gasteiger partial charge in [0.25, 0.3) is 0 Å². The normalized spacial score (nSPS) is 17.8. The van der Waals surface area contributed by atoms with Gasteiger partial charge in [-0.25, -0.2) is 4.39 Å². The van der Waals surface area contributed by atoms with Crippen LogP contribution in [0.2, 0.25) is 0 Å². The van der Waals surface area contributed by atoms with Crippen LogP contribution in [0.25, 0.3) is 0 Å². The lowest BCUT2D eigenvalue weighted by Gasteiger charge is -2.18. The second kappa shape index (κ2) is 7.64. The van der Waals surface area contributed by atoms with Gasteiger partial charge in [0.2, 0.25) is 0 Å². The number of rotatable bonds is 7. The summed E-state index contributed by atoms with van der Waals surface area (Å²) in [5.74, 6) is 0.833. The van der Waals surface area contributed by atoms with E-state index < -0.39 is 0 Å². The molecule has 1 aromatic rings. The highest BCUT2D eigenvalue weighted by molar-refractivity contribution is 5.19. The van der Waals surface area contributed by atoms with Gasteiger partial charge >= 0.3 is 0 Å². The van der Waals surface area contributed by atoms with Crippen molar-refractivity contribution >= 4 is 0 Å². The molecular weight excluding hydrogens is 237 g/mol. The van der Waals surface area contributed by atoms with Crippen LogP contribution in [0.4, 0.5) is 4.39 Å². The number of benzene rings is 1. The van der Waals surface area contributed by atoms with E-state index in [9.17, 15) is 4.39 Å². The van der Waals surface area contributed by atoms with Gasteiger partial charge in [0.05, 0.1) is 0 Å². The average Bonchev–Trinajstić information content (AvgIpc) is 2.92. The van der Waals surface area contributed by atoms with Crippen molar-refractivity contribution in [3.8, 4) is 0 Å².